The number of hydrogen-bond acceptors (Lipinski definition) is 2. The highest BCUT2D eigenvalue weighted by Gasteiger charge is 2.20. The lowest BCUT2D eigenvalue weighted by molar-refractivity contribution is 0.129. The molecular weight excluding hydrogens is 258 g/mol. The van der Waals surface area contributed by atoms with Crippen molar-refractivity contribution in [3.05, 3.63) is 29.8 Å². The van der Waals surface area contributed by atoms with Crippen LogP contribution in [0.1, 0.15) is 58.4 Å². The maximum atomic E-state index is 6.13. The molecule has 1 aliphatic carbocycles. The van der Waals surface area contributed by atoms with Crippen molar-refractivity contribution in [1.82, 2.24) is 5.32 Å². The van der Waals surface area contributed by atoms with E-state index in [0.717, 1.165) is 24.6 Å². The molecule has 2 nitrogen and oxygen atoms in total. The molecular formula is C19H31NO. The zero-order valence-electron chi connectivity index (χ0n) is 13.9. The van der Waals surface area contributed by atoms with Crippen LogP contribution in [0.2, 0.25) is 0 Å². The van der Waals surface area contributed by atoms with Gasteiger partial charge in [0.15, 0.2) is 0 Å². The van der Waals surface area contributed by atoms with Gasteiger partial charge in [-0.2, -0.15) is 0 Å². The molecule has 118 valence electrons. The lowest BCUT2D eigenvalue weighted by atomic mass is 9.89. The van der Waals surface area contributed by atoms with Crippen molar-refractivity contribution in [3.63, 3.8) is 0 Å². The molecule has 0 spiro atoms. The minimum Gasteiger partial charge on any atom is -0.490 e. The second-order valence-corrected chi connectivity index (χ2v) is 6.65. The van der Waals surface area contributed by atoms with Crippen LogP contribution >= 0.6 is 0 Å². The second kappa shape index (κ2) is 8.43. The van der Waals surface area contributed by atoms with Crippen molar-refractivity contribution < 1.29 is 4.74 Å². The first kappa shape index (κ1) is 16.4. The third-order valence-electron chi connectivity index (χ3n) is 4.53. The van der Waals surface area contributed by atoms with E-state index in [2.05, 4.69) is 50.4 Å². The molecule has 3 atom stereocenters. The summed E-state index contributed by atoms with van der Waals surface area (Å²) in [4.78, 5) is 0. The lowest BCUT2D eigenvalue weighted by Gasteiger charge is -2.27. The van der Waals surface area contributed by atoms with Crippen LogP contribution in [-0.4, -0.2) is 18.7 Å². The van der Waals surface area contributed by atoms with Crippen LogP contribution in [0.25, 0.3) is 0 Å². The van der Waals surface area contributed by atoms with Crippen LogP contribution in [0.5, 0.6) is 5.75 Å². The zero-order valence-corrected chi connectivity index (χ0v) is 13.9. The minimum absolute atomic E-state index is 0.424. The summed E-state index contributed by atoms with van der Waals surface area (Å²) >= 11 is 0. The van der Waals surface area contributed by atoms with Crippen molar-refractivity contribution in [2.24, 2.45) is 5.92 Å². The normalized spacial score (nSPS) is 23.8. The first-order chi connectivity index (χ1) is 10.2. The fraction of sp³-hybridized carbons (Fsp3) is 0.684. The van der Waals surface area contributed by atoms with Gasteiger partial charge in [-0.25, -0.2) is 0 Å². The minimum atomic E-state index is 0.424. The molecule has 0 heterocycles. The maximum Gasteiger partial charge on any atom is 0.119 e. The van der Waals surface area contributed by atoms with Crippen LogP contribution < -0.4 is 10.1 Å². The Morgan fingerprint density at radius 2 is 2.00 bits per heavy atom. The van der Waals surface area contributed by atoms with Gasteiger partial charge in [-0.15, -0.1) is 0 Å². The molecule has 1 N–H and O–H groups in total. The average Bonchev–Trinajstić information content (AvgIpc) is 2.47. The van der Waals surface area contributed by atoms with E-state index in [1.54, 1.807) is 0 Å². The molecule has 3 unspecified atom stereocenters. The van der Waals surface area contributed by atoms with E-state index in [-0.39, 0.29) is 0 Å². The number of aryl methyl sites for hydroxylation is 1. The summed E-state index contributed by atoms with van der Waals surface area (Å²) in [6.07, 6.45) is 7.85. The van der Waals surface area contributed by atoms with Crippen molar-refractivity contribution in [2.75, 3.05) is 6.54 Å². The first-order valence-electron chi connectivity index (χ1n) is 8.66. The van der Waals surface area contributed by atoms with Gasteiger partial charge in [-0.05, 0) is 69.2 Å². The molecule has 0 aliphatic heterocycles. The van der Waals surface area contributed by atoms with E-state index < -0.39 is 0 Å². The molecule has 1 aliphatic rings. The largest absolute Gasteiger partial charge is 0.490 e. The van der Waals surface area contributed by atoms with Gasteiger partial charge in [0.2, 0.25) is 0 Å². The molecule has 1 aromatic rings. The fourth-order valence-electron chi connectivity index (χ4n) is 3.25. The summed E-state index contributed by atoms with van der Waals surface area (Å²) in [5, 5.41) is 3.46. The maximum absolute atomic E-state index is 6.13. The quantitative estimate of drug-likeness (QED) is 0.793. The highest BCUT2D eigenvalue weighted by molar-refractivity contribution is 5.27. The molecule has 21 heavy (non-hydrogen) atoms. The predicted octanol–water partition coefficient (Wildman–Crippen LogP) is 4.57. The van der Waals surface area contributed by atoms with E-state index in [1.807, 2.05) is 0 Å². The van der Waals surface area contributed by atoms with Crippen LogP contribution in [0.15, 0.2) is 24.3 Å². The lowest BCUT2D eigenvalue weighted by Crippen LogP contribution is -2.25. The van der Waals surface area contributed by atoms with E-state index in [1.165, 1.54) is 37.7 Å². The SMILES string of the molecule is CCNC(C)CCc1ccc(OC2CCCC(C)C2)cc1. The van der Waals surface area contributed by atoms with Crippen LogP contribution in [-0.2, 0) is 6.42 Å². The van der Waals surface area contributed by atoms with Gasteiger partial charge in [0.05, 0.1) is 6.10 Å². The highest BCUT2D eigenvalue weighted by Crippen LogP contribution is 2.27. The number of benzene rings is 1. The number of ether oxygens (including phenoxy) is 1. The highest BCUT2D eigenvalue weighted by atomic mass is 16.5. The molecule has 0 bridgehead atoms. The molecule has 2 rings (SSSR count). The van der Waals surface area contributed by atoms with Gasteiger partial charge in [-0.1, -0.05) is 32.4 Å². The first-order valence-corrected chi connectivity index (χ1v) is 8.66. The standard InChI is InChI=1S/C19H31NO/c1-4-20-16(3)8-9-17-10-12-18(13-11-17)21-19-7-5-6-15(2)14-19/h10-13,15-16,19-20H,4-9,14H2,1-3H3. The molecule has 1 fully saturated rings. The van der Waals surface area contributed by atoms with E-state index >= 15 is 0 Å². The Labute approximate surface area is 130 Å². The number of nitrogens with one attached hydrogen (secondary N) is 1. The summed E-state index contributed by atoms with van der Waals surface area (Å²) in [7, 11) is 0. The average molecular weight is 289 g/mol. The smallest absolute Gasteiger partial charge is 0.119 e. The fourth-order valence-corrected chi connectivity index (χ4v) is 3.25. The number of rotatable bonds is 7. The van der Waals surface area contributed by atoms with Gasteiger partial charge in [0.25, 0.3) is 0 Å². The third-order valence-corrected chi connectivity index (χ3v) is 4.53. The Morgan fingerprint density at radius 1 is 1.24 bits per heavy atom. The predicted molar refractivity (Wildman–Crippen MR) is 89.9 cm³/mol. The summed E-state index contributed by atoms with van der Waals surface area (Å²) in [5.74, 6) is 1.85. The molecule has 0 radical (unpaired) electrons. The Bertz CT molecular complexity index is 401. The summed E-state index contributed by atoms with van der Waals surface area (Å²) < 4.78 is 6.13. The number of hydrogen-bond donors (Lipinski definition) is 1. The second-order valence-electron chi connectivity index (χ2n) is 6.65. The topological polar surface area (TPSA) is 21.3 Å². The van der Waals surface area contributed by atoms with E-state index in [0.29, 0.717) is 12.1 Å². The van der Waals surface area contributed by atoms with E-state index in [9.17, 15) is 0 Å². The molecule has 1 aromatic carbocycles. The third kappa shape index (κ3) is 5.70. The van der Waals surface area contributed by atoms with Gasteiger partial charge < -0.3 is 10.1 Å². The monoisotopic (exact) mass is 289 g/mol. The van der Waals surface area contributed by atoms with Gasteiger partial charge in [0, 0.05) is 6.04 Å². The molecule has 1 saturated carbocycles. The summed E-state index contributed by atoms with van der Waals surface area (Å²) in [6, 6.07) is 9.33. The Morgan fingerprint density at radius 3 is 2.67 bits per heavy atom. The summed E-state index contributed by atoms with van der Waals surface area (Å²) in [6.45, 7) is 7.80. The van der Waals surface area contributed by atoms with Crippen molar-refractivity contribution in [3.8, 4) is 5.75 Å². The van der Waals surface area contributed by atoms with Crippen molar-refractivity contribution >= 4 is 0 Å². The van der Waals surface area contributed by atoms with Gasteiger partial charge >= 0.3 is 0 Å². The van der Waals surface area contributed by atoms with Crippen LogP contribution in [0.3, 0.4) is 0 Å². The van der Waals surface area contributed by atoms with E-state index in [4.69, 9.17) is 4.74 Å². The Balaban J connectivity index is 1.78. The van der Waals surface area contributed by atoms with Crippen molar-refractivity contribution in [2.45, 2.75) is 71.4 Å². The Hall–Kier alpha value is -1.02. The molecule has 0 aromatic heterocycles. The molecule has 2 heteroatoms. The van der Waals surface area contributed by atoms with Crippen LogP contribution in [0, 0.1) is 5.92 Å². The molecule has 0 saturated heterocycles. The van der Waals surface area contributed by atoms with Crippen LogP contribution in [0.4, 0.5) is 0 Å². The summed E-state index contributed by atoms with van der Waals surface area (Å²) in [5.41, 5.74) is 1.41. The molecule has 0 amide bonds. The Kier molecular flexibility index (Phi) is 6.56. The zero-order chi connectivity index (χ0) is 15.1. The van der Waals surface area contributed by atoms with Crippen molar-refractivity contribution in [1.29, 1.82) is 0 Å². The van der Waals surface area contributed by atoms with Gasteiger partial charge in [-0.3, -0.25) is 0 Å². The van der Waals surface area contributed by atoms with Gasteiger partial charge in [0.1, 0.15) is 5.75 Å².